The zero-order chi connectivity index (χ0) is 13.8. The Morgan fingerprint density at radius 2 is 2.21 bits per heavy atom. The normalized spacial score (nSPS) is 12.2. The molecule has 0 aliphatic rings. The molecule has 0 saturated carbocycles. The third-order valence-corrected chi connectivity index (χ3v) is 3.13. The lowest BCUT2D eigenvalue weighted by atomic mass is 10.2. The summed E-state index contributed by atoms with van der Waals surface area (Å²) in [5.74, 6) is -0.229. The smallest absolute Gasteiger partial charge is 0.273 e. The number of aromatic nitrogens is 3. The average molecular weight is 279 g/mol. The number of rotatable bonds is 4. The van der Waals surface area contributed by atoms with Gasteiger partial charge in [0.05, 0.1) is 16.9 Å². The van der Waals surface area contributed by atoms with E-state index >= 15 is 0 Å². The largest absolute Gasteiger partial charge is 0.348 e. The van der Waals surface area contributed by atoms with Crippen LogP contribution >= 0.6 is 11.6 Å². The summed E-state index contributed by atoms with van der Waals surface area (Å²) in [5, 5.41) is 11.2. The quantitative estimate of drug-likeness (QED) is 0.934. The maximum Gasteiger partial charge on any atom is 0.273 e. The molecule has 1 aromatic heterocycles. The summed E-state index contributed by atoms with van der Waals surface area (Å²) in [6, 6.07) is 7.37. The van der Waals surface area contributed by atoms with Gasteiger partial charge in [0, 0.05) is 6.04 Å². The number of hydrogen-bond acceptors (Lipinski definition) is 3. The van der Waals surface area contributed by atoms with E-state index in [0.29, 0.717) is 10.7 Å². The molecule has 0 saturated heterocycles. The van der Waals surface area contributed by atoms with E-state index in [0.717, 1.165) is 6.42 Å². The summed E-state index contributed by atoms with van der Waals surface area (Å²) in [7, 11) is 0. The van der Waals surface area contributed by atoms with Crippen molar-refractivity contribution in [2.24, 2.45) is 0 Å². The summed E-state index contributed by atoms with van der Waals surface area (Å²) < 4.78 is 1.49. The molecule has 0 radical (unpaired) electrons. The first-order valence-electron chi connectivity index (χ1n) is 6.10. The monoisotopic (exact) mass is 278 g/mol. The van der Waals surface area contributed by atoms with Gasteiger partial charge in [0.25, 0.3) is 5.91 Å². The summed E-state index contributed by atoms with van der Waals surface area (Å²) in [6.45, 7) is 3.95. The fraction of sp³-hybridized carbons (Fsp3) is 0.308. The Hall–Kier alpha value is -1.88. The van der Waals surface area contributed by atoms with Crippen LogP contribution in [0.15, 0.2) is 30.5 Å². The van der Waals surface area contributed by atoms with Crippen molar-refractivity contribution in [3.05, 3.63) is 41.2 Å². The van der Waals surface area contributed by atoms with Gasteiger partial charge in [0.2, 0.25) is 0 Å². The third-order valence-electron chi connectivity index (χ3n) is 2.82. The molecule has 19 heavy (non-hydrogen) atoms. The van der Waals surface area contributed by atoms with Crippen molar-refractivity contribution >= 4 is 17.5 Å². The molecule has 1 atom stereocenters. The zero-order valence-electron chi connectivity index (χ0n) is 10.8. The van der Waals surface area contributed by atoms with Crippen LogP contribution < -0.4 is 5.32 Å². The molecule has 1 N–H and O–H groups in total. The number of amides is 1. The van der Waals surface area contributed by atoms with Crippen molar-refractivity contribution in [3.63, 3.8) is 0 Å². The van der Waals surface area contributed by atoms with Crippen molar-refractivity contribution < 1.29 is 4.79 Å². The van der Waals surface area contributed by atoms with Crippen LogP contribution in [0.3, 0.4) is 0 Å². The van der Waals surface area contributed by atoms with Crippen LogP contribution in [0.4, 0.5) is 0 Å². The van der Waals surface area contributed by atoms with Crippen molar-refractivity contribution in [1.82, 2.24) is 20.3 Å². The molecule has 1 heterocycles. The number of halogens is 1. The standard InChI is InChI=1S/C13H15ClN4O/c1-3-9(2)15-13(19)11-8-18(17-16-11)12-7-5-4-6-10(12)14/h4-9H,3H2,1-2H3,(H,15,19). The molecule has 1 aromatic carbocycles. The van der Waals surface area contributed by atoms with Crippen molar-refractivity contribution in [2.75, 3.05) is 0 Å². The maximum atomic E-state index is 11.9. The number of benzene rings is 1. The number of para-hydroxylation sites is 1. The van der Waals surface area contributed by atoms with Gasteiger partial charge in [0.15, 0.2) is 5.69 Å². The van der Waals surface area contributed by atoms with Crippen LogP contribution in [0.25, 0.3) is 5.69 Å². The molecule has 6 heteroatoms. The van der Waals surface area contributed by atoms with E-state index in [4.69, 9.17) is 11.6 Å². The lowest BCUT2D eigenvalue weighted by Gasteiger charge is -2.08. The van der Waals surface area contributed by atoms with Crippen molar-refractivity contribution in [1.29, 1.82) is 0 Å². The van der Waals surface area contributed by atoms with Gasteiger partial charge in [-0.15, -0.1) is 5.10 Å². The Morgan fingerprint density at radius 1 is 1.47 bits per heavy atom. The van der Waals surface area contributed by atoms with E-state index in [1.54, 1.807) is 12.3 Å². The molecule has 2 aromatic rings. The predicted molar refractivity (Wildman–Crippen MR) is 73.6 cm³/mol. The minimum absolute atomic E-state index is 0.109. The fourth-order valence-electron chi connectivity index (χ4n) is 1.52. The van der Waals surface area contributed by atoms with Gasteiger partial charge < -0.3 is 5.32 Å². The molecular weight excluding hydrogens is 264 g/mol. The maximum absolute atomic E-state index is 11.9. The highest BCUT2D eigenvalue weighted by Crippen LogP contribution is 2.18. The first-order chi connectivity index (χ1) is 9.11. The van der Waals surface area contributed by atoms with Gasteiger partial charge in [0.1, 0.15) is 0 Å². The van der Waals surface area contributed by atoms with Crippen LogP contribution in [0.5, 0.6) is 0 Å². The summed E-state index contributed by atoms with van der Waals surface area (Å²) >= 11 is 6.07. The number of carbonyl (C=O) groups excluding carboxylic acids is 1. The number of nitrogens with zero attached hydrogens (tertiary/aromatic N) is 3. The highest BCUT2D eigenvalue weighted by molar-refractivity contribution is 6.32. The van der Waals surface area contributed by atoms with Crippen LogP contribution in [-0.4, -0.2) is 26.9 Å². The average Bonchev–Trinajstić information content (AvgIpc) is 2.88. The summed E-state index contributed by atoms with van der Waals surface area (Å²) in [5.41, 5.74) is 0.972. The minimum atomic E-state index is -0.229. The zero-order valence-corrected chi connectivity index (χ0v) is 11.6. The fourth-order valence-corrected chi connectivity index (χ4v) is 1.75. The van der Waals surface area contributed by atoms with Gasteiger partial charge in [-0.3, -0.25) is 4.79 Å². The lowest BCUT2D eigenvalue weighted by molar-refractivity contribution is 0.0934. The Balaban J connectivity index is 2.20. The van der Waals surface area contributed by atoms with Gasteiger partial charge in [-0.1, -0.05) is 35.9 Å². The number of hydrogen-bond donors (Lipinski definition) is 1. The van der Waals surface area contributed by atoms with Crippen LogP contribution in [0, 0.1) is 0 Å². The van der Waals surface area contributed by atoms with E-state index in [9.17, 15) is 4.79 Å². The second-order valence-corrected chi connectivity index (χ2v) is 4.69. The van der Waals surface area contributed by atoms with Gasteiger partial charge in [-0.25, -0.2) is 4.68 Å². The third kappa shape index (κ3) is 3.12. The number of nitrogens with one attached hydrogen (secondary N) is 1. The molecule has 0 aliphatic carbocycles. The van der Waals surface area contributed by atoms with Gasteiger partial charge in [-0.05, 0) is 25.5 Å². The molecular formula is C13H15ClN4O. The van der Waals surface area contributed by atoms with Crippen molar-refractivity contribution in [2.45, 2.75) is 26.3 Å². The molecule has 0 fully saturated rings. The molecule has 5 nitrogen and oxygen atoms in total. The van der Waals surface area contributed by atoms with E-state index < -0.39 is 0 Å². The predicted octanol–water partition coefficient (Wildman–Crippen LogP) is 2.45. The number of carbonyl (C=O) groups is 1. The Morgan fingerprint density at radius 3 is 2.89 bits per heavy atom. The van der Waals surface area contributed by atoms with Gasteiger partial charge in [-0.2, -0.15) is 0 Å². The van der Waals surface area contributed by atoms with Crippen LogP contribution in [0.2, 0.25) is 5.02 Å². The first-order valence-corrected chi connectivity index (χ1v) is 6.47. The SMILES string of the molecule is CCC(C)NC(=O)c1cn(-c2ccccc2Cl)nn1. The van der Waals surface area contributed by atoms with E-state index in [1.165, 1.54) is 4.68 Å². The Bertz CT molecular complexity index is 582. The van der Waals surface area contributed by atoms with Gasteiger partial charge >= 0.3 is 0 Å². The lowest BCUT2D eigenvalue weighted by Crippen LogP contribution is -2.32. The molecule has 0 aliphatic heterocycles. The second-order valence-electron chi connectivity index (χ2n) is 4.28. The molecule has 100 valence electrons. The first kappa shape index (κ1) is 13.5. The molecule has 1 unspecified atom stereocenters. The summed E-state index contributed by atoms with van der Waals surface area (Å²) in [4.78, 5) is 11.9. The van der Waals surface area contributed by atoms with E-state index in [1.807, 2.05) is 32.0 Å². The van der Waals surface area contributed by atoms with Crippen molar-refractivity contribution in [3.8, 4) is 5.69 Å². The Labute approximate surface area is 116 Å². The second kappa shape index (κ2) is 5.84. The van der Waals surface area contributed by atoms with E-state index in [-0.39, 0.29) is 17.6 Å². The van der Waals surface area contributed by atoms with E-state index in [2.05, 4.69) is 15.6 Å². The van der Waals surface area contributed by atoms with Crippen LogP contribution in [0.1, 0.15) is 30.8 Å². The van der Waals surface area contributed by atoms with Crippen LogP contribution in [-0.2, 0) is 0 Å². The molecule has 0 bridgehead atoms. The minimum Gasteiger partial charge on any atom is -0.348 e. The molecule has 0 spiro atoms. The molecule has 2 rings (SSSR count). The summed E-state index contributed by atoms with van der Waals surface area (Å²) in [6.07, 6.45) is 2.43. The molecule has 1 amide bonds. The highest BCUT2D eigenvalue weighted by atomic mass is 35.5. The Kier molecular flexibility index (Phi) is 4.16. The highest BCUT2D eigenvalue weighted by Gasteiger charge is 2.14. The topological polar surface area (TPSA) is 59.8 Å².